The molecule has 0 atom stereocenters. The molecule has 25 heavy (non-hydrogen) atoms. The van der Waals surface area contributed by atoms with Crippen LogP contribution in [0.4, 0.5) is 11.4 Å². The predicted octanol–water partition coefficient (Wildman–Crippen LogP) is 0.672. The lowest BCUT2D eigenvalue weighted by Crippen LogP contribution is -2.38. The van der Waals surface area contributed by atoms with Crippen molar-refractivity contribution in [2.45, 2.75) is 6.92 Å². The van der Waals surface area contributed by atoms with Crippen molar-refractivity contribution in [3.63, 3.8) is 0 Å². The van der Waals surface area contributed by atoms with E-state index in [1.54, 1.807) is 37.5 Å². The van der Waals surface area contributed by atoms with Gasteiger partial charge in [0.1, 0.15) is 5.69 Å². The zero-order valence-electron chi connectivity index (χ0n) is 13.9. The molecule has 2 amide bonds. The van der Waals surface area contributed by atoms with E-state index in [1.165, 1.54) is 7.11 Å². The number of pyridine rings is 1. The highest BCUT2D eigenvalue weighted by molar-refractivity contribution is 6.40. The number of nitrogens with one attached hydrogen (secondary N) is 4. The maximum atomic E-state index is 11.9. The molecule has 0 fully saturated rings. The molecule has 4 N–H and O–H groups in total. The molecule has 2 rings (SSSR count). The van der Waals surface area contributed by atoms with Crippen LogP contribution in [0.3, 0.4) is 0 Å². The molecule has 0 aromatic carbocycles. The Kier molecular flexibility index (Phi) is 6.10. The van der Waals surface area contributed by atoms with Gasteiger partial charge in [0.15, 0.2) is 0 Å². The second-order valence-electron chi connectivity index (χ2n) is 5.11. The van der Waals surface area contributed by atoms with E-state index in [4.69, 9.17) is 0 Å². The Morgan fingerprint density at radius 3 is 2.56 bits per heavy atom. The Balaban J connectivity index is 1.82. The van der Waals surface area contributed by atoms with Crippen molar-refractivity contribution < 1.29 is 19.1 Å². The number of hydrogen-bond donors (Lipinski definition) is 4. The summed E-state index contributed by atoms with van der Waals surface area (Å²) in [5, 5.41) is 7.95. The number of aryl methyl sites for hydroxylation is 1. The smallest absolute Gasteiger partial charge is 0.356 e. The summed E-state index contributed by atoms with van der Waals surface area (Å²) in [6, 6.07) is 5.12. The summed E-state index contributed by atoms with van der Waals surface area (Å²) in [5.41, 5.74) is 1.79. The number of esters is 1. The van der Waals surface area contributed by atoms with Crippen molar-refractivity contribution in [3.8, 4) is 0 Å². The molecule has 2 aromatic rings. The fourth-order valence-corrected chi connectivity index (χ4v) is 2.06. The van der Waals surface area contributed by atoms with E-state index in [0.717, 1.165) is 5.69 Å². The lowest BCUT2D eigenvalue weighted by molar-refractivity contribution is -0.136. The van der Waals surface area contributed by atoms with Crippen molar-refractivity contribution >= 4 is 29.2 Å². The van der Waals surface area contributed by atoms with Gasteiger partial charge in [0, 0.05) is 36.9 Å². The minimum atomic E-state index is -0.868. The normalized spacial score (nSPS) is 10.0. The van der Waals surface area contributed by atoms with Crippen LogP contribution in [0, 0.1) is 6.92 Å². The van der Waals surface area contributed by atoms with Gasteiger partial charge in [-0.1, -0.05) is 0 Å². The summed E-state index contributed by atoms with van der Waals surface area (Å²) in [6.45, 7) is 2.41. The van der Waals surface area contributed by atoms with Crippen LogP contribution in [-0.4, -0.2) is 48.0 Å². The molecule has 2 heterocycles. The average Bonchev–Trinajstić information content (AvgIpc) is 2.98. The fourth-order valence-electron chi connectivity index (χ4n) is 2.06. The summed E-state index contributed by atoms with van der Waals surface area (Å²) in [6.07, 6.45) is 3.29. The van der Waals surface area contributed by atoms with E-state index in [9.17, 15) is 14.4 Å². The van der Waals surface area contributed by atoms with Crippen LogP contribution in [-0.2, 0) is 14.3 Å². The van der Waals surface area contributed by atoms with Crippen molar-refractivity contribution in [2.24, 2.45) is 0 Å². The third kappa shape index (κ3) is 5.06. The molecule has 9 nitrogen and oxygen atoms in total. The molecule has 0 aliphatic heterocycles. The molecule has 9 heteroatoms. The van der Waals surface area contributed by atoms with Gasteiger partial charge in [-0.3, -0.25) is 14.6 Å². The predicted molar refractivity (Wildman–Crippen MR) is 91.2 cm³/mol. The van der Waals surface area contributed by atoms with E-state index in [1.807, 2.05) is 0 Å². The van der Waals surface area contributed by atoms with Gasteiger partial charge in [-0.15, -0.1) is 0 Å². The fraction of sp³-hybridized carbons (Fsp3) is 0.250. The zero-order chi connectivity index (χ0) is 18.2. The molecule has 0 aliphatic carbocycles. The number of ether oxygens (including phenoxy) is 1. The van der Waals surface area contributed by atoms with Crippen LogP contribution in [0.25, 0.3) is 0 Å². The Labute approximate surface area is 144 Å². The van der Waals surface area contributed by atoms with Gasteiger partial charge in [-0.2, -0.15) is 0 Å². The molecular formula is C16H19N5O4. The van der Waals surface area contributed by atoms with Crippen LogP contribution >= 0.6 is 0 Å². The maximum Gasteiger partial charge on any atom is 0.356 e. The molecule has 0 saturated carbocycles. The molecule has 0 unspecified atom stereocenters. The lowest BCUT2D eigenvalue weighted by Gasteiger charge is -2.08. The highest BCUT2D eigenvalue weighted by atomic mass is 16.5. The van der Waals surface area contributed by atoms with Crippen molar-refractivity contribution in [2.75, 3.05) is 30.8 Å². The standard InChI is InChI=1S/C16H19N5O4/c1-10-9-12(13(20-10)16(24)25-2)21-15(23)14(22)19-8-7-18-11-3-5-17-6-4-11/h3-6,9,20H,7-8H2,1-2H3,(H,17,18)(H,19,22)(H,21,23). The third-order valence-electron chi connectivity index (χ3n) is 3.22. The number of carbonyl (C=O) groups excluding carboxylic acids is 3. The molecule has 0 aliphatic rings. The number of rotatable bonds is 6. The van der Waals surface area contributed by atoms with E-state index in [-0.39, 0.29) is 17.9 Å². The third-order valence-corrected chi connectivity index (χ3v) is 3.22. The van der Waals surface area contributed by atoms with Crippen molar-refractivity contribution in [1.82, 2.24) is 15.3 Å². The minimum absolute atomic E-state index is 0.0838. The van der Waals surface area contributed by atoms with E-state index >= 15 is 0 Å². The molecule has 0 spiro atoms. The van der Waals surface area contributed by atoms with Gasteiger partial charge in [0.05, 0.1) is 12.8 Å². The van der Waals surface area contributed by atoms with Crippen molar-refractivity contribution in [3.05, 3.63) is 42.0 Å². The first-order valence-electron chi connectivity index (χ1n) is 7.52. The van der Waals surface area contributed by atoms with Crippen LogP contribution in [0.1, 0.15) is 16.2 Å². The van der Waals surface area contributed by atoms with Crippen LogP contribution < -0.4 is 16.0 Å². The Hall–Kier alpha value is -3.36. The quantitative estimate of drug-likeness (QED) is 0.346. The van der Waals surface area contributed by atoms with E-state index in [0.29, 0.717) is 12.2 Å². The molecular weight excluding hydrogens is 326 g/mol. The summed E-state index contributed by atoms with van der Waals surface area (Å²) < 4.78 is 4.62. The molecule has 0 radical (unpaired) electrons. The molecule has 132 valence electrons. The number of methoxy groups -OCH3 is 1. The van der Waals surface area contributed by atoms with Gasteiger partial charge >= 0.3 is 17.8 Å². The first-order valence-corrected chi connectivity index (χ1v) is 7.52. The summed E-state index contributed by atoms with van der Waals surface area (Å²) in [7, 11) is 1.23. The molecule has 2 aromatic heterocycles. The van der Waals surface area contributed by atoms with Gasteiger partial charge in [0.2, 0.25) is 0 Å². The Morgan fingerprint density at radius 1 is 1.16 bits per heavy atom. The van der Waals surface area contributed by atoms with E-state index in [2.05, 4.69) is 30.7 Å². The lowest BCUT2D eigenvalue weighted by atomic mass is 10.3. The van der Waals surface area contributed by atoms with Gasteiger partial charge < -0.3 is 25.7 Å². The largest absolute Gasteiger partial charge is 0.464 e. The maximum absolute atomic E-state index is 11.9. The summed E-state index contributed by atoms with van der Waals surface area (Å²) >= 11 is 0. The number of anilines is 2. The van der Waals surface area contributed by atoms with Crippen LogP contribution in [0.5, 0.6) is 0 Å². The summed E-state index contributed by atoms with van der Waals surface area (Å²) in [5.74, 6) is -2.30. The topological polar surface area (TPSA) is 125 Å². The highest BCUT2D eigenvalue weighted by Crippen LogP contribution is 2.17. The van der Waals surface area contributed by atoms with Crippen LogP contribution in [0.15, 0.2) is 30.6 Å². The van der Waals surface area contributed by atoms with Gasteiger partial charge in [-0.25, -0.2) is 4.79 Å². The minimum Gasteiger partial charge on any atom is -0.464 e. The summed E-state index contributed by atoms with van der Waals surface area (Å²) in [4.78, 5) is 42.1. The van der Waals surface area contributed by atoms with Crippen LogP contribution in [0.2, 0.25) is 0 Å². The molecule has 0 bridgehead atoms. The second kappa shape index (κ2) is 8.48. The number of H-pyrrole nitrogens is 1. The van der Waals surface area contributed by atoms with E-state index < -0.39 is 17.8 Å². The number of hydrogen-bond acceptors (Lipinski definition) is 6. The monoisotopic (exact) mass is 345 g/mol. The van der Waals surface area contributed by atoms with Crippen molar-refractivity contribution in [1.29, 1.82) is 0 Å². The number of aromatic nitrogens is 2. The number of amides is 2. The number of aromatic amines is 1. The zero-order valence-corrected chi connectivity index (χ0v) is 13.9. The average molecular weight is 345 g/mol. The highest BCUT2D eigenvalue weighted by Gasteiger charge is 2.20. The number of carbonyl (C=O) groups is 3. The first kappa shape index (κ1) is 18.0. The Morgan fingerprint density at radius 2 is 1.88 bits per heavy atom. The second-order valence-corrected chi connectivity index (χ2v) is 5.11. The number of nitrogens with zero attached hydrogens (tertiary/aromatic N) is 1. The first-order chi connectivity index (χ1) is 12.0. The Bertz CT molecular complexity index is 757. The molecule has 0 saturated heterocycles. The van der Waals surface area contributed by atoms with Gasteiger partial charge in [-0.05, 0) is 25.1 Å². The van der Waals surface area contributed by atoms with Gasteiger partial charge in [0.25, 0.3) is 0 Å². The SMILES string of the molecule is COC(=O)c1[nH]c(C)cc1NC(=O)C(=O)NCCNc1ccncc1.